The van der Waals surface area contributed by atoms with Crippen molar-refractivity contribution in [1.29, 1.82) is 0 Å². The highest BCUT2D eigenvalue weighted by atomic mass is 19.1. The minimum Gasteiger partial charge on any atom is -0.381 e. The van der Waals surface area contributed by atoms with Crippen molar-refractivity contribution in [3.63, 3.8) is 0 Å². The lowest BCUT2D eigenvalue weighted by Crippen LogP contribution is -2.12. The van der Waals surface area contributed by atoms with Crippen LogP contribution in [0.2, 0.25) is 0 Å². The Kier molecular flexibility index (Phi) is 2.04. The fourth-order valence-corrected chi connectivity index (χ4v) is 0.859. The molecule has 1 aromatic rings. The van der Waals surface area contributed by atoms with Crippen molar-refractivity contribution in [2.45, 2.75) is 26.2 Å². The number of pyridine rings is 1. The van der Waals surface area contributed by atoms with Gasteiger partial charge in [-0.05, 0) is 17.0 Å². The Morgan fingerprint density at radius 2 is 2.00 bits per heavy atom. The molecule has 0 spiro atoms. The van der Waals surface area contributed by atoms with Gasteiger partial charge in [0.15, 0.2) is 11.6 Å². The molecule has 12 heavy (non-hydrogen) atoms. The van der Waals surface area contributed by atoms with Gasteiger partial charge in [0.25, 0.3) is 0 Å². The molecule has 1 aromatic heterocycles. The lowest BCUT2D eigenvalue weighted by Gasteiger charge is -2.18. The molecule has 1 heterocycles. The van der Waals surface area contributed by atoms with Crippen LogP contribution in [0, 0.1) is 5.82 Å². The van der Waals surface area contributed by atoms with Crippen molar-refractivity contribution in [2.75, 3.05) is 5.73 Å². The highest BCUT2D eigenvalue weighted by molar-refractivity contribution is 5.34. The van der Waals surface area contributed by atoms with Crippen molar-refractivity contribution in [1.82, 2.24) is 4.98 Å². The molecule has 2 nitrogen and oxygen atoms in total. The molecule has 3 heteroatoms. The number of nitrogens with two attached hydrogens (primary N) is 1. The van der Waals surface area contributed by atoms with Gasteiger partial charge in [-0.25, -0.2) is 9.37 Å². The fraction of sp³-hybridized carbons (Fsp3) is 0.444. The zero-order valence-electron chi connectivity index (χ0n) is 7.56. The Bertz CT molecular complexity index is 289. The molecule has 0 aliphatic carbocycles. The first-order chi connectivity index (χ1) is 5.41. The lowest BCUT2D eigenvalue weighted by molar-refractivity contribution is 0.568. The van der Waals surface area contributed by atoms with E-state index in [2.05, 4.69) is 4.98 Å². The summed E-state index contributed by atoms with van der Waals surface area (Å²) in [4.78, 5) is 3.75. The third-order valence-corrected chi connectivity index (χ3v) is 1.74. The molecule has 2 N–H and O–H groups in total. The molecule has 1 rings (SSSR count). The summed E-state index contributed by atoms with van der Waals surface area (Å²) in [6.07, 6.45) is 1.61. The summed E-state index contributed by atoms with van der Waals surface area (Å²) in [6, 6.07) is 1.43. The van der Waals surface area contributed by atoms with Crippen LogP contribution in [-0.4, -0.2) is 4.98 Å². The maximum atomic E-state index is 12.9. The molecular weight excluding hydrogens is 155 g/mol. The molecule has 0 saturated carbocycles. The van der Waals surface area contributed by atoms with Gasteiger partial charge in [-0.1, -0.05) is 20.8 Å². The van der Waals surface area contributed by atoms with Gasteiger partial charge in [0, 0.05) is 6.20 Å². The van der Waals surface area contributed by atoms with Crippen LogP contribution in [-0.2, 0) is 5.41 Å². The summed E-state index contributed by atoms with van der Waals surface area (Å²) in [5.41, 5.74) is 6.02. The van der Waals surface area contributed by atoms with E-state index in [9.17, 15) is 4.39 Å². The third kappa shape index (κ3) is 1.72. The molecule has 0 atom stereocenters. The average Bonchev–Trinajstić information content (AvgIpc) is 1.92. The van der Waals surface area contributed by atoms with Crippen LogP contribution in [0.25, 0.3) is 0 Å². The minimum absolute atomic E-state index is 0.0389. The first-order valence-electron chi connectivity index (χ1n) is 3.83. The molecule has 0 amide bonds. The second kappa shape index (κ2) is 2.73. The molecule has 0 aromatic carbocycles. The zero-order valence-corrected chi connectivity index (χ0v) is 7.56. The maximum absolute atomic E-state index is 12.9. The fourth-order valence-electron chi connectivity index (χ4n) is 0.859. The number of rotatable bonds is 0. The summed E-state index contributed by atoms with van der Waals surface area (Å²) in [5.74, 6) is -0.481. The van der Waals surface area contributed by atoms with E-state index >= 15 is 0 Å². The molecule has 66 valence electrons. The van der Waals surface area contributed by atoms with Crippen LogP contribution >= 0.6 is 0 Å². The van der Waals surface area contributed by atoms with Gasteiger partial charge in [0.05, 0.1) is 0 Å². The van der Waals surface area contributed by atoms with Gasteiger partial charge in [-0.3, -0.25) is 0 Å². The summed E-state index contributed by atoms with van der Waals surface area (Å²) < 4.78 is 12.9. The third-order valence-electron chi connectivity index (χ3n) is 1.74. The van der Waals surface area contributed by atoms with E-state index in [0.29, 0.717) is 0 Å². The monoisotopic (exact) mass is 168 g/mol. The molecule has 0 radical (unpaired) electrons. The second-order valence-corrected chi connectivity index (χ2v) is 3.84. The Morgan fingerprint density at radius 1 is 1.42 bits per heavy atom. The molecule has 0 bridgehead atoms. The standard InChI is InChI=1S/C9H13FN2/c1-9(2,3)6-4-7(10)8(11)12-5-6/h4-5H,1-3H3,(H2,11,12). The van der Waals surface area contributed by atoms with E-state index in [1.807, 2.05) is 20.8 Å². The molecular formula is C9H13FN2. The van der Waals surface area contributed by atoms with Gasteiger partial charge in [0.2, 0.25) is 0 Å². The van der Waals surface area contributed by atoms with Crippen LogP contribution in [0.1, 0.15) is 26.3 Å². The van der Waals surface area contributed by atoms with E-state index < -0.39 is 5.82 Å². The number of nitrogens with zero attached hydrogens (tertiary/aromatic N) is 1. The largest absolute Gasteiger partial charge is 0.381 e. The number of hydrogen-bond acceptors (Lipinski definition) is 2. The summed E-state index contributed by atoms with van der Waals surface area (Å²) in [5, 5.41) is 0. The van der Waals surface area contributed by atoms with Crippen LogP contribution in [0.4, 0.5) is 10.2 Å². The van der Waals surface area contributed by atoms with Crippen molar-refractivity contribution in [3.05, 3.63) is 23.6 Å². The highest BCUT2D eigenvalue weighted by Crippen LogP contribution is 2.22. The first kappa shape index (κ1) is 8.97. The second-order valence-electron chi connectivity index (χ2n) is 3.84. The average molecular weight is 168 g/mol. The predicted molar refractivity (Wildman–Crippen MR) is 47.3 cm³/mol. The topological polar surface area (TPSA) is 38.9 Å². The number of hydrogen-bond donors (Lipinski definition) is 1. The normalized spacial score (nSPS) is 11.7. The number of aromatic nitrogens is 1. The molecule has 0 unspecified atom stereocenters. The maximum Gasteiger partial charge on any atom is 0.165 e. The minimum atomic E-state index is -0.442. The van der Waals surface area contributed by atoms with Crippen molar-refractivity contribution < 1.29 is 4.39 Å². The first-order valence-corrected chi connectivity index (χ1v) is 3.83. The van der Waals surface area contributed by atoms with E-state index in [0.717, 1.165) is 5.56 Å². The molecule has 0 fully saturated rings. The van der Waals surface area contributed by atoms with Gasteiger partial charge in [0.1, 0.15) is 0 Å². The Morgan fingerprint density at radius 3 is 2.42 bits per heavy atom. The Hall–Kier alpha value is -1.12. The van der Waals surface area contributed by atoms with Crippen molar-refractivity contribution >= 4 is 5.82 Å². The Labute approximate surface area is 71.6 Å². The van der Waals surface area contributed by atoms with Crippen molar-refractivity contribution in [2.24, 2.45) is 0 Å². The van der Waals surface area contributed by atoms with Gasteiger partial charge in [-0.2, -0.15) is 0 Å². The Balaban J connectivity index is 3.14. The van der Waals surface area contributed by atoms with Crippen molar-refractivity contribution in [3.8, 4) is 0 Å². The highest BCUT2D eigenvalue weighted by Gasteiger charge is 2.15. The SMILES string of the molecule is CC(C)(C)c1cnc(N)c(F)c1. The van der Waals surface area contributed by atoms with E-state index in [1.54, 1.807) is 6.20 Å². The van der Waals surface area contributed by atoms with E-state index in [1.165, 1.54) is 6.07 Å². The van der Waals surface area contributed by atoms with E-state index in [-0.39, 0.29) is 11.2 Å². The summed E-state index contributed by atoms with van der Waals surface area (Å²) in [7, 11) is 0. The number of nitrogen functional groups attached to an aromatic ring is 1. The van der Waals surface area contributed by atoms with Crippen LogP contribution < -0.4 is 5.73 Å². The molecule has 0 aliphatic heterocycles. The summed E-state index contributed by atoms with van der Waals surface area (Å²) >= 11 is 0. The van der Waals surface area contributed by atoms with Crippen LogP contribution in [0.5, 0.6) is 0 Å². The summed E-state index contributed by atoms with van der Waals surface area (Å²) in [6.45, 7) is 6.00. The zero-order chi connectivity index (χ0) is 9.35. The molecule has 0 aliphatic rings. The quantitative estimate of drug-likeness (QED) is 0.644. The van der Waals surface area contributed by atoms with Crippen LogP contribution in [0.3, 0.4) is 0 Å². The van der Waals surface area contributed by atoms with E-state index in [4.69, 9.17) is 5.73 Å². The molecule has 0 saturated heterocycles. The lowest BCUT2D eigenvalue weighted by atomic mass is 9.88. The van der Waals surface area contributed by atoms with Crippen LogP contribution in [0.15, 0.2) is 12.3 Å². The van der Waals surface area contributed by atoms with Gasteiger partial charge < -0.3 is 5.73 Å². The predicted octanol–water partition coefficient (Wildman–Crippen LogP) is 2.10. The smallest absolute Gasteiger partial charge is 0.165 e. The van der Waals surface area contributed by atoms with Gasteiger partial charge >= 0.3 is 0 Å². The number of halogens is 1. The number of anilines is 1. The van der Waals surface area contributed by atoms with Gasteiger partial charge in [-0.15, -0.1) is 0 Å².